The van der Waals surface area contributed by atoms with Crippen LogP contribution in [-0.2, 0) is 9.84 Å². The molecule has 4 aromatic carbocycles. The van der Waals surface area contributed by atoms with Crippen molar-refractivity contribution in [2.24, 2.45) is 0 Å². The first-order chi connectivity index (χ1) is 14.0. The standard InChI is InChI=1S/C26H22O2S/c1-19-11-15-21(16-12-19)23-7-3-5-9-25(23)29(27,28)26-10-6-4-8-24(26)22-17-13-20(2)14-18-22/h3-18H,1-2H3. The third kappa shape index (κ3) is 3.74. The van der Waals surface area contributed by atoms with Crippen molar-refractivity contribution in [1.82, 2.24) is 0 Å². The van der Waals surface area contributed by atoms with Crippen LogP contribution >= 0.6 is 0 Å². The highest BCUT2D eigenvalue weighted by molar-refractivity contribution is 7.91. The van der Waals surface area contributed by atoms with Gasteiger partial charge >= 0.3 is 0 Å². The molecule has 0 amide bonds. The molecule has 0 radical (unpaired) electrons. The monoisotopic (exact) mass is 398 g/mol. The summed E-state index contributed by atoms with van der Waals surface area (Å²) in [5.41, 5.74) is 5.49. The van der Waals surface area contributed by atoms with Crippen LogP contribution in [0.2, 0.25) is 0 Å². The molecule has 144 valence electrons. The van der Waals surface area contributed by atoms with Crippen molar-refractivity contribution in [3.8, 4) is 22.3 Å². The quantitative estimate of drug-likeness (QED) is 0.395. The van der Waals surface area contributed by atoms with Gasteiger partial charge < -0.3 is 0 Å². The number of hydrogen-bond donors (Lipinski definition) is 0. The molecule has 3 heteroatoms. The summed E-state index contributed by atoms with van der Waals surface area (Å²) in [6.07, 6.45) is 0. The number of sulfone groups is 1. The van der Waals surface area contributed by atoms with Crippen molar-refractivity contribution >= 4 is 9.84 Å². The summed E-state index contributed by atoms with van der Waals surface area (Å²) in [4.78, 5) is 0.645. The predicted molar refractivity (Wildman–Crippen MR) is 119 cm³/mol. The SMILES string of the molecule is Cc1ccc(-c2ccccc2S(=O)(=O)c2ccccc2-c2ccc(C)cc2)cc1. The van der Waals surface area contributed by atoms with Gasteiger partial charge in [-0.15, -0.1) is 0 Å². The fourth-order valence-electron chi connectivity index (χ4n) is 3.46. The lowest BCUT2D eigenvalue weighted by Crippen LogP contribution is -2.06. The number of benzene rings is 4. The Kier molecular flexibility index (Phi) is 5.08. The topological polar surface area (TPSA) is 34.1 Å². The molecule has 4 aromatic rings. The van der Waals surface area contributed by atoms with Crippen molar-refractivity contribution in [2.45, 2.75) is 23.6 Å². The Bertz CT molecular complexity index is 1160. The Morgan fingerprint density at radius 2 is 0.828 bits per heavy atom. The van der Waals surface area contributed by atoms with E-state index in [-0.39, 0.29) is 0 Å². The highest BCUT2D eigenvalue weighted by Crippen LogP contribution is 2.36. The molecule has 0 saturated carbocycles. The van der Waals surface area contributed by atoms with E-state index >= 15 is 0 Å². The zero-order chi connectivity index (χ0) is 20.4. The highest BCUT2D eigenvalue weighted by Gasteiger charge is 2.24. The second-order valence-electron chi connectivity index (χ2n) is 7.23. The molecule has 0 aliphatic rings. The molecule has 0 fully saturated rings. The summed E-state index contributed by atoms with van der Waals surface area (Å²) >= 11 is 0. The molecule has 0 unspecified atom stereocenters. The van der Waals surface area contributed by atoms with Gasteiger partial charge in [0.05, 0.1) is 9.79 Å². The van der Waals surface area contributed by atoms with Crippen LogP contribution in [0.25, 0.3) is 22.3 Å². The van der Waals surface area contributed by atoms with E-state index in [2.05, 4.69) is 0 Å². The van der Waals surface area contributed by atoms with Gasteiger partial charge in [-0.05, 0) is 37.1 Å². The van der Waals surface area contributed by atoms with Crippen molar-refractivity contribution < 1.29 is 8.42 Å². The molecule has 0 spiro atoms. The van der Waals surface area contributed by atoms with Crippen molar-refractivity contribution in [3.63, 3.8) is 0 Å². The third-order valence-electron chi connectivity index (χ3n) is 5.08. The Labute approximate surface area is 172 Å². The summed E-state index contributed by atoms with van der Waals surface area (Å²) in [5, 5.41) is 0. The maximum Gasteiger partial charge on any atom is 0.207 e. The third-order valence-corrected chi connectivity index (χ3v) is 6.95. The van der Waals surface area contributed by atoms with E-state index in [0.717, 1.165) is 22.3 Å². The number of hydrogen-bond acceptors (Lipinski definition) is 2. The van der Waals surface area contributed by atoms with Crippen LogP contribution in [0.4, 0.5) is 0 Å². The second kappa shape index (κ2) is 7.69. The maximum atomic E-state index is 13.8. The summed E-state index contributed by atoms with van der Waals surface area (Å²) in [6.45, 7) is 4.04. The lowest BCUT2D eigenvalue weighted by molar-refractivity contribution is 0.596. The maximum absolute atomic E-state index is 13.8. The molecular weight excluding hydrogens is 376 g/mol. The smallest absolute Gasteiger partial charge is 0.207 e. The molecule has 0 aliphatic carbocycles. The summed E-state index contributed by atoms with van der Waals surface area (Å²) in [7, 11) is -3.72. The van der Waals surface area contributed by atoms with Gasteiger partial charge in [-0.3, -0.25) is 0 Å². The van der Waals surface area contributed by atoms with Crippen LogP contribution in [0, 0.1) is 13.8 Å². The van der Waals surface area contributed by atoms with Gasteiger partial charge in [-0.25, -0.2) is 8.42 Å². The minimum Gasteiger partial charge on any atom is -0.218 e. The zero-order valence-corrected chi connectivity index (χ0v) is 17.3. The van der Waals surface area contributed by atoms with Crippen molar-refractivity contribution in [2.75, 3.05) is 0 Å². The van der Waals surface area contributed by atoms with E-state index in [4.69, 9.17) is 0 Å². The lowest BCUT2D eigenvalue weighted by Gasteiger charge is -2.14. The first-order valence-corrected chi connectivity index (χ1v) is 11.0. The first-order valence-electron chi connectivity index (χ1n) is 9.54. The van der Waals surface area contributed by atoms with Crippen molar-refractivity contribution in [1.29, 1.82) is 0 Å². The van der Waals surface area contributed by atoms with Crippen LogP contribution in [0.5, 0.6) is 0 Å². The molecule has 4 rings (SSSR count). The van der Waals surface area contributed by atoms with Gasteiger partial charge in [0.25, 0.3) is 0 Å². The molecule has 2 nitrogen and oxygen atoms in total. The minimum atomic E-state index is -3.72. The molecule has 29 heavy (non-hydrogen) atoms. The average Bonchev–Trinajstić information content (AvgIpc) is 2.75. The van der Waals surface area contributed by atoms with Crippen LogP contribution in [0.1, 0.15) is 11.1 Å². The summed E-state index contributed by atoms with van der Waals surface area (Å²) in [6, 6.07) is 30.3. The Morgan fingerprint density at radius 3 is 1.21 bits per heavy atom. The Balaban J connectivity index is 1.90. The molecule has 0 bridgehead atoms. The van der Waals surface area contributed by atoms with Gasteiger partial charge in [-0.2, -0.15) is 0 Å². The van der Waals surface area contributed by atoms with E-state index in [1.165, 1.54) is 0 Å². The zero-order valence-electron chi connectivity index (χ0n) is 16.5. The normalized spacial score (nSPS) is 11.4. The van der Waals surface area contributed by atoms with Crippen LogP contribution in [-0.4, -0.2) is 8.42 Å². The van der Waals surface area contributed by atoms with E-state index < -0.39 is 9.84 Å². The number of rotatable bonds is 4. The van der Waals surface area contributed by atoms with Gasteiger partial charge in [0.2, 0.25) is 9.84 Å². The van der Waals surface area contributed by atoms with Gasteiger partial charge in [0.1, 0.15) is 0 Å². The molecule has 0 aliphatic heterocycles. The van der Waals surface area contributed by atoms with Gasteiger partial charge in [0.15, 0.2) is 0 Å². The molecule has 0 atom stereocenters. The molecular formula is C26H22O2S. The van der Waals surface area contributed by atoms with Crippen LogP contribution in [0.3, 0.4) is 0 Å². The molecule has 0 N–H and O–H groups in total. The summed E-state index contributed by atoms with van der Waals surface area (Å²) in [5.74, 6) is 0. The Hall–Kier alpha value is -3.17. The molecule has 0 heterocycles. The van der Waals surface area contributed by atoms with Gasteiger partial charge in [0, 0.05) is 11.1 Å². The first kappa shape index (κ1) is 19.2. The average molecular weight is 399 g/mol. The fraction of sp³-hybridized carbons (Fsp3) is 0.0769. The summed E-state index contributed by atoms with van der Waals surface area (Å²) < 4.78 is 27.5. The minimum absolute atomic E-state index is 0.323. The Morgan fingerprint density at radius 1 is 0.483 bits per heavy atom. The predicted octanol–water partition coefficient (Wildman–Crippen LogP) is 6.47. The second-order valence-corrected chi connectivity index (χ2v) is 9.11. The van der Waals surface area contributed by atoms with E-state index in [9.17, 15) is 8.42 Å². The van der Waals surface area contributed by atoms with Crippen LogP contribution < -0.4 is 0 Å². The van der Waals surface area contributed by atoms with Crippen LogP contribution in [0.15, 0.2) is 107 Å². The molecule has 0 aromatic heterocycles. The van der Waals surface area contributed by atoms with Gasteiger partial charge in [-0.1, -0.05) is 96.1 Å². The number of aryl methyl sites for hydroxylation is 2. The lowest BCUT2D eigenvalue weighted by atomic mass is 10.0. The fourth-order valence-corrected chi connectivity index (χ4v) is 5.17. The van der Waals surface area contributed by atoms with Crippen molar-refractivity contribution in [3.05, 3.63) is 108 Å². The van der Waals surface area contributed by atoms with E-state index in [0.29, 0.717) is 20.9 Å². The highest BCUT2D eigenvalue weighted by atomic mass is 32.2. The van der Waals surface area contributed by atoms with E-state index in [1.807, 2.05) is 86.6 Å². The van der Waals surface area contributed by atoms with E-state index in [1.54, 1.807) is 24.3 Å². The molecule has 0 saturated heterocycles. The largest absolute Gasteiger partial charge is 0.218 e.